The summed E-state index contributed by atoms with van der Waals surface area (Å²) >= 11 is 0. The summed E-state index contributed by atoms with van der Waals surface area (Å²) in [6, 6.07) is 0. The van der Waals surface area contributed by atoms with Crippen LogP contribution in [-0.2, 0) is 15.6 Å². The number of carbonyl (C=O) groups is 1. The van der Waals surface area contributed by atoms with Gasteiger partial charge in [0.25, 0.3) is 0 Å². The first kappa shape index (κ1) is 6.93. The molecule has 2 nitrogen and oxygen atoms in total. The smallest absolute Gasteiger partial charge is 0.123 e. The van der Waals surface area contributed by atoms with Crippen LogP contribution in [0.1, 0.15) is 12.8 Å². The van der Waals surface area contributed by atoms with E-state index in [2.05, 4.69) is 0 Å². The molecule has 9 heavy (non-hydrogen) atoms. The average molecular weight is 146 g/mol. The largest absolute Gasteiger partial charge is 0.303 e. The van der Waals surface area contributed by atoms with Crippen LogP contribution in [0.25, 0.3) is 0 Å². The highest BCUT2D eigenvalue weighted by Crippen LogP contribution is 2.12. The van der Waals surface area contributed by atoms with E-state index in [4.69, 9.17) is 0 Å². The van der Waals surface area contributed by atoms with Crippen LogP contribution in [0.4, 0.5) is 0 Å². The summed E-state index contributed by atoms with van der Waals surface area (Å²) in [5, 5.41) is 0. The van der Waals surface area contributed by atoms with Crippen molar-refractivity contribution in [1.29, 1.82) is 0 Å². The van der Waals surface area contributed by atoms with Gasteiger partial charge in [-0.15, -0.1) is 0 Å². The molecule has 1 rings (SSSR count). The molecule has 0 radical (unpaired) electrons. The normalized spacial score (nSPS) is 36.0. The van der Waals surface area contributed by atoms with Gasteiger partial charge in [-0.1, -0.05) is 0 Å². The second-order valence-corrected chi connectivity index (χ2v) is 3.97. The van der Waals surface area contributed by atoms with Crippen molar-refractivity contribution in [3.05, 3.63) is 0 Å². The highest BCUT2D eigenvalue weighted by Gasteiger charge is 2.16. The Hall–Kier alpha value is -0.180. The van der Waals surface area contributed by atoms with Gasteiger partial charge in [0.1, 0.15) is 6.29 Å². The first-order valence-corrected chi connectivity index (χ1v) is 4.62. The molecule has 1 aliphatic rings. The van der Waals surface area contributed by atoms with Crippen molar-refractivity contribution in [3.8, 4) is 0 Å². The number of rotatable bonds is 1. The molecule has 0 amide bonds. The summed E-state index contributed by atoms with van der Waals surface area (Å²) in [5.41, 5.74) is 0. The quantitative estimate of drug-likeness (QED) is 0.500. The predicted molar refractivity (Wildman–Crippen MR) is 36.7 cm³/mol. The van der Waals surface area contributed by atoms with Gasteiger partial charge < -0.3 is 4.79 Å². The lowest BCUT2D eigenvalue weighted by molar-refractivity contribution is -0.110. The summed E-state index contributed by atoms with van der Waals surface area (Å²) < 4.78 is 10.8. The van der Waals surface area contributed by atoms with E-state index in [0.717, 1.165) is 24.9 Å². The number of aldehydes is 1. The first-order valence-electron chi connectivity index (χ1n) is 3.13. The summed E-state index contributed by atoms with van der Waals surface area (Å²) in [7, 11) is -0.701. The molecule has 52 valence electrons. The van der Waals surface area contributed by atoms with Crippen molar-refractivity contribution < 1.29 is 9.00 Å². The molecule has 1 heterocycles. The summed E-state index contributed by atoms with van der Waals surface area (Å²) in [6.07, 6.45) is 2.82. The molecule has 0 aromatic heterocycles. The molecule has 0 spiro atoms. The van der Waals surface area contributed by atoms with Gasteiger partial charge in [0.15, 0.2) is 0 Å². The maximum absolute atomic E-state index is 10.8. The van der Waals surface area contributed by atoms with Crippen LogP contribution in [0.5, 0.6) is 0 Å². The van der Waals surface area contributed by atoms with Crippen LogP contribution in [0.2, 0.25) is 0 Å². The van der Waals surface area contributed by atoms with Crippen molar-refractivity contribution in [2.24, 2.45) is 5.92 Å². The third kappa shape index (κ3) is 1.90. The summed E-state index contributed by atoms with van der Waals surface area (Å²) in [5.74, 6) is 1.48. The second-order valence-electron chi connectivity index (χ2n) is 2.35. The van der Waals surface area contributed by atoms with Crippen molar-refractivity contribution >= 4 is 17.1 Å². The van der Waals surface area contributed by atoms with E-state index in [-0.39, 0.29) is 5.92 Å². The molecule has 0 N–H and O–H groups in total. The fourth-order valence-corrected chi connectivity index (χ4v) is 2.40. The summed E-state index contributed by atoms with van der Waals surface area (Å²) in [4.78, 5) is 10.2. The monoisotopic (exact) mass is 146 g/mol. The fraction of sp³-hybridized carbons (Fsp3) is 0.833. The zero-order valence-electron chi connectivity index (χ0n) is 5.21. The highest BCUT2D eigenvalue weighted by molar-refractivity contribution is 7.85. The number of hydrogen-bond donors (Lipinski definition) is 0. The zero-order valence-corrected chi connectivity index (χ0v) is 6.02. The van der Waals surface area contributed by atoms with Gasteiger partial charge in [0.2, 0.25) is 0 Å². The van der Waals surface area contributed by atoms with Gasteiger partial charge in [0, 0.05) is 28.2 Å². The van der Waals surface area contributed by atoms with E-state index in [0.29, 0.717) is 5.75 Å². The summed E-state index contributed by atoms with van der Waals surface area (Å²) in [6.45, 7) is 0. The van der Waals surface area contributed by atoms with E-state index in [1.165, 1.54) is 0 Å². The van der Waals surface area contributed by atoms with Crippen molar-refractivity contribution in [2.45, 2.75) is 12.8 Å². The number of hydrogen-bond acceptors (Lipinski definition) is 2. The Balaban J connectivity index is 2.40. The molecule has 0 aliphatic carbocycles. The Bertz CT molecular complexity index is 133. The molecule has 1 unspecified atom stereocenters. The van der Waals surface area contributed by atoms with Gasteiger partial charge in [-0.05, 0) is 12.8 Å². The average Bonchev–Trinajstić information content (AvgIpc) is 1.88. The maximum atomic E-state index is 10.8. The third-order valence-corrected chi connectivity index (χ3v) is 3.08. The van der Waals surface area contributed by atoms with Crippen LogP contribution >= 0.6 is 0 Å². The van der Waals surface area contributed by atoms with Crippen LogP contribution in [0.15, 0.2) is 0 Å². The first-order chi connectivity index (χ1) is 4.33. The second kappa shape index (κ2) is 3.11. The lowest BCUT2D eigenvalue weighted by Gasteiger charge is -2.14. The molecule has 0 aromatic carbocycles. The molecule has 2 atom stereocenters. The molecule has 1 aliphatic heterocycles. The molecule has 0 aromatic rings. The van der Waals surface area contributed by atoms with E-state index in [9.17, 15) is 9.00 Å². The standard InChI is InChI=1S/C6H10O2S/c7-4-6-2-1-3-9(8)5-6/h4,6H,1-3,5H2/t6-,9?/m1/s1. The molecule has 1 saturated heterocycles. The lowest BCUT2D eigenvalue weighted by Crippen LogP contribution is -2.20. The van der Waals surface area contributed by atoms with Crippen molar-refractivity contribution in [2.75, 3.05) is 11.5 Å². The molecule has 3 heteroatoms. The van der Waals surface area contributed by atoms with Crippen LogP contribution < -0.4 is 0 Å². The predicted octanol–water partition coefficient (Wildman–Crippen LogP) is 0.344. The SMILES string of the molecule is O=C[C@H]1CCCS(=O)C1. The minimum Gasteiger partial charge on any atom is -0.303 e. The van der Waals surface area contributed by atoms with Gasteiger partial charge in [-0.25, -0.2) is 0 Å². The molecule has 0 saturated carbocycles. The topological polar surface area (TPSA) is 34.1 Å². The molecule has 1 fully saturated rings. The van der Waals surface area contributed by atoms with Gasteiger partial charge in [-0.2, -0.15) is 0 Å². The van der Waals surface area contributed by atoms with E-state index < -0.39 is 10.8 Å². The molecular formula is C6H10O2S. The van der Waals surface area contributed by atoms with Gasteiger partial charge in [0.05, 0.1) is 0 Å². The third-order valence-electron chi connectivity index (χ3n) is 1.54. The van der Waals surface area contributed by atoms with E-state index >= 15 is 0 Å². The van der Waals surface area contributed by atoms with Gasteiger partial charge >= 0.3 is 0 Å². The molecular weight excluding hydrogens is 136 g/mol. The Labute approximate surface area is 57.1 Å². The zero-order chi connectivity index (χ0) is 6.69. The fourth-order valence-electron chi connectivity index (χ4n) is 1.02. The van der Waals surface area contributed by atoms with Gasteiger partial charge in [-0.3, -0.25) is 4.21 Å². The Morgan fingerprint density at radius 3 is 2.78 bits per heavy atom. The maximum Gasteiger partial charge on any atom is 0.123 e. The van der Waals surface area contributed by atoms with Crippen molar-refractivity contribution in [3.63, 3.8) is 0 Å². The van der Waals surface area contributed by atoms with E-state index in [1.807, 2.05) is 0 Å². The molecule has 0 bridgehead atoms. The Morgan fingerprint density at radius 1 is 1.56 bits per heavy atom. The number of carbonyl (C=O) groups excluding carboxylic acids is 1. The van der Waals surface area contributed by atoms with Crippen LogP contribution in [-0.4, -0.2) is 22.0 Å². The minimum atomic E-state index is -0.701. The Kier molecular flexibility index (Phi) is 2.39. The highest BCUT2D eigenvalue weighted by atomic mass is 32.2. The Morgan fingerprint density at radius 2 is 2.33 bits per heavy atom. The van der Waals surface area contributed by atoms with E-state index in [1.54, 1.807) is 0 Å². The lowest BCUT2D eigenvalue weighted by atomic mass is 10.1. The van der Waals surface area contributed by atoms with Crippen LogP contribution in [0, 0.1) is 5.92 Å². The minimum absolute atomic E-state index is 0.0829. The van der Waals surface area contributed by atoms with Crippen molar-refractivity contribution in [1.82, 2.24) is 0 Å². The van der Waals surface area contributed by atoms with Crippen LogP contribution in [0.3, 0.4) is 0 Å².